The fraction of sp³-hybridized carbons (Fsp3) is 0.889. The van der Waals surface area contributed by atoms with Crippen molar-refractivity contribution in [1.29, 1.82) is 0 Å². The Bertz CT molecular complexity index is 210. The minimum absolute atomic E-state index is 0.307. The summed E-state index contributed by atoms with van der Waals surface area (Å²) in [5.74, 6) is -0.802. The molecule has 0 saturated heterocycles. The minimum Gasteiger partial charge on any atom is -0.481 e. The molecular weight excluding hydrogens is 156 g/mol. The van der Waals surface area contributed by atoms with Crippen molar-refractivity contribution in [1.82, 2.24) is 0 Å². The van der Waals surface area contributed by atoms with E-state index < -0.39 is 17.5 Å². The third kappa shape index (κ3) is 1.12. The van der Waals surface area contributed by atoms with Crippen molar-refractivity contribution in [2.75, 3.05) is 0 Å². The van der Waals surface area contributed by atoms with Gasteiger partial charge in [0.05, 0.1) is 11.5 Å². The van der Waals surface area contributed by atoms with Gasteiger partial charge in [0, 0.05) is 0 Å². The first-order valence-electron chi connectivity index (χ1n) is 4.21. The van der Waals surface area contributed by atoms with Crippen LogP contribution in [0.25, 0.3) is 0 Å². The lowest BCUT2D eigenvalue weighted by molar-refractivity contribution is -0.153. The van der Waals surface area contributed by atoms with Crippen LogP contribution in [-0.4, -0.2) is 22.3 Å². The van der Waals surface area contributed by atoms with Gasteiger partial charge in [0.25, 0.3) is 0 Å². The standard InChI is InChI=1S/C9H16O3/c1-8(2)4-6(10)5-9(8,3)7(11)12/h6,10H,4-5H2,1-3H3,(H,11,12)/t6-,9-/m0/s1. The highest BCUT2D eigenvalue weighted by Crippen LogP contribution is 2.52. The molecule has 0 amide bonds. The van der Waals surface area contributed by atoms with Gasteiger partial charge in [-0.15, -0.1) is 0 Å². The SMILES string of the molecule is CC1(C)C[C@H](O)C[C@@]1(C)C(=O)O. The fourth-order valence-electron chi connectivity index (χ4n) is 2.01. The Balaban J connectivity index is 2.98. The molecule has 1 rings (SSSR count). The molecule has 0 unspecified atom stereocenters. The monoisotopic (exact) mass is 172 g/mol. The zero-order valence-corrected chi connectivity index (χ0v) is 7.79. The first kappa shape index (κ1) is 9.52. The third-order valence-corrected chi connectivity index (χ3v) is 3.36. The van der Waals surface area contributed by atoms with E-state index in [0.29, 0.717) is 12.8 Å². The molecule has 1 aliphatic rings. The van der Waals surface area contributed by atoms with E-state index in [2.05, 4.69) is 0 Å². The first-order valence-corrected chi connectivity index (χ1v) is 4.21. The van der Waals surface area contributed by atoms with Crippen LogP contribution in [0.4, 0.5) is 0 Å². The Hall–Kier alpha value is -0.570. The molecule has 12 heavy (non-hydrogen) atoms. The van der Waals surface area contributed by atoms with Crippen molar-refractivity contribution >= 4 is 5.97 Å². The smallest absolute Gasteiger partial charge is 0.309 e. The predicted octanol–water partition coefficient (Wildman–Crippen LogP) is 1.26. The third-order valence-electron chi connectivity index (χ3n) is 3.36. The van der Waals surface area contributed by atoms with Crippen molar-refractivity contribution in [2.45, 2.75) is 39.7 Å². The zero-order valence-electron chi connectivity index (χ0n) is 7.79. The largest absolute Gasteiger partial charge is 0.481 e. The molecule has 2 atom stereocenters. The van der Waals surface area contributed by atoms with E-state index in [9.17, 15) is 9.90 Å². The maximum atomic E-state index is 11.0. The van der Waals surface area contributed by atoms with Crippen LogP contribution in [0, 0.1) is 10.8 Å². The van der Waals surface area contributed by atoms with Crippen LogP contribution in [0.2, 0.25) is 0 Å². The number of carbonyl (C=O) groups is 1. The lowest BCUT2D eigenvalue weighted by atomic mass is 9.69. The molecule has 0 aromatic heterocycles. The van der Waals surface area contributed by atoms with Crippen LogP contribution in [0.15, 0.2) is 0 Å². The first-order chi connectivity index (χ1) is 5.29. The van der Waals surface area contributed by atoms with Crippen molar-refractivity contribution in [2.24, 2.45) is 10.8 Å². The van der Waals surface area contributed by atoms with E-state index in [1.807, 2.05) is 13.8 Å². The van der Waals surface area contributed by atoms with Crippen LogP contribution in [0.1, 0.15) is 33.6 Å². The van der Waals surface area contributed by atoms with Gasteiger partial charge < -0.3 is 10.2 Å². The van der Waals surface area contributed by atoms with Gasteiger partial charge in [0.1, 0.15) is 0 Å². The van der Waals surface area contributed by atoms with Crippen molar-refractivity contribution in [3.8, 4) is 0 Å². The summed E-state index contributed by atoms with van der Waals surface area (Å²) < 4.78 is 0. The number of rotatable bonds is 1. The number of hydrogen-bond donors (Lipinski definition) is 2. The summed E-state index contributed by atoms with van der Waals surface area (Å²) in [6.07, 6.45) is 0.492. The quantitative estimate of drug-likeness (QED) is 0.626. The lowest BCUT2D eigenvalue weighted by Crippen LogP contribution is -2.37. The topological polar surface area (TPSA) is 57.5 Å². The van der Waals surface area contributed by atoms with E-state index >= 15 is 0 Å². The van der Waals surface area contributed by atoms with Crippen LogP contribution in [0.3, 0.4) is 0 Å². The Morgan fingerprint density at radius 2 is 1.83 bits per heavy atom. The molecule has 1 aliphatic carbocycles. The number of carboxylic acids is 1. The fourth-order valence-corrected chi connectivity index (χ4v) is 2.01. The Labute approximate surface area is 72.4 Å². The number of aliphatic carboxylic acids is 1. The molecule has 1 fully saturated rings. The summed E-state index contributed by atoms with van der Waals surface area (Å²) in [6, 6.07) is 0. The highest BCUT2D eigenvalue weighted by molar-refractivity contribution is 5.75. The second-order valence-electron chi connectivity index (χ2n) is 4.58. The molecule has 70 valence electrons. The van der Waals surface area contributed by atoms with Gasteiger partial charge in [-0.25, -0.2) is 0 Å². The molecule has 0 aliphatic heterocycles. The summed E-state index contributed by atoms with van der Waals surface area (Å²) in [4.78, 5) is 11.0. The van der Waals surface area contributed by atoms with Gasteiger partial charge >= 0.3 is 5.97 Å². The summed E-state index contributed by atoms with van der Waals surface area (Å²) in [6.45, 7) is 5.51. The van der Waals surface area contributed by atoms with E-state index in [1.165, 1.54) is 0 Å². The van der Waals surface area contributed by atoms with Crippen LogP contribution >= 0.6 is 0 Å². The summed E-state index contributed by atoms with van der Waals surface area (Å²) in [5.41, 5.74) is -1.08. The normalized spacial score (nSPS) is 39.8. The molecule has 0 aromatic rings. The van der Waals surface area contributed by atoms with E-state index in [-0.39, 0.29) is 5.41 Å². The van der Waals surface area contributed by atoms with Crippen LogP contribution in [-0.2, 0) is 4.79 Å². The molecule has 3 heteroatoms. The second kappa shape index (κ2) is 2.46. The van der Waals surface area contributed by atoms with Crippen LogP contribution in [0.5, 0.6) is 0 Å². The van der Waals surface area contributed by atoms with E-state index in [1.54, 1.807) is 6.92 Å². The summed E-state index contributed by atoms with van der Waals surface area (Å²) in [7, 11) is 0. The van der Waals surface area contributed by atoms with Gasteiger partial charge in [-0.05, 0) is 25.2 Å². The Morgan fingerprint density at radius 1 is 1.33 bits per heavy atom. The minimum atomic E-state index is -0.802. The molecule has 3 nitrogen and oxygen atoms in total. The summed E-state index contributed by atoms with van der Waals surface area (Å²) >= 11 is 0. The van der Waals surface area contributed by atoms with Crippen molar-refractivity contribution < 1.29 is 15.0 Å². The highest BCUT2D eigenvalue weighted by atomic mass is 16.4. The molecule has 2 N–H and O–H groups in total. The average Bonchev–Trinajstić information content (AvgIpc) is 2.02. The molecular formula is C9H16O3. The van der Waals surface area contributed by atoms with E-state index in [0.717, 1.165) is 0 Å². The average molecular weight is 172 g/mol. The van der Waals surface area contributed by atoms with Gasteiger partial charge in [-0.2, -0.15) is 0 Å². The molecule has 0 bridgehead atoms. The zero-order chi connectivity index (χ0) is 9.57. The van der Waals surface area contributed by atoms with Gasteiger partial charge in [0.2, 0.25) is 0 Å². The maximum absolute atomic E-state index is 11.0. The number of hydrogen-bond acceptors (Lipinski definition) is 2. The van der Waals surface area contributed by atoms with Crippen LogP contribution < -0.4 is 0 Å². The molecule has 0 heterocycles. The Kier molecular flexibility index (Phi) is 1.95. The van der Waals surface area contributed by atoms with Crippen molar-refractivity contribution in [3.63, 3.8) is 0 Å². The number of aliphatic hydroxyl groups excluding tert-OH is 1. The van der Waals surface area contributed by atoms with Gasteiger partial charge in [0.15, 0.2) is 0 Å². The molecule has 0 radical (unpaired) electrons. The summed E-state index contributed by atoms with van der Waals surface area (Å²) in [5, 5.41) is 18.4. The highest BCUT2D eigenvalue weighted by Gasteiger charge is 2.54. The Morgan fingerprint density at radius 3 is 2.00 bits per heavy atom. The van der Waals surface area contributed by atoms with Crippen molar-refractivity contribution in [3.05, 3.63) is 0 Å². The maximum Gasteiger partial charge on any atom is 0.309 e. The molecule has 0 aromatic carbocycles. The van der Waals surface area contributed by atoms with Gasteiger partial charge in [-0.3, -0.25) is 4.79 Å². The molecule has 1 saturated carbocycles. The number of aliphatic hydroxyl groups is 1. The second-order valence-corrected chi connectivity index (χ2v) is 4.58. The number of carboxylic acid groups (broad SMARTS) is 1. The van der Waals surface area contributed by atoms with Gasteiger partial charge in [-0.1, -0.05) is 13.8 Å². The molecule has 0 spiro atoms. The van der Waals surface area contributed by atoms with E-state index in [4.69, 9.17) is 5.11 Å². The predicted molar refractivity (Wildman–Crippen MR) is 44.8 cm³/mol. The lowest BCUT2D eigenvalue weighted by Gasteiger charge is -2.33.